The number of fused-ring (bicyclic) bond motifs is 1. The van der Waals surface area contributed by atoms with E-state index in [1.54, 1.807) is 36.3 Å². The average molecular weight is 368 g/mol. The molecule has 0 unspecified atom stereocenters. The van der Waals surface area contributed by atoms with Crippen LogP contribution in [0.4, 0.5) is 16.2 Å². The van der Waals surface area contributed by atoms with Gasteiger partial charge in [-0.05, 0) is 69.2 Å². The molecule has 1 heterocycles. The molecule has 0 aliphatic carbocycles. The molecule has 142 valence electrons. The van der Waals surface area contributed by atoms with Crippen LogP contribution in [0, 0.1) is 0 Å². The van der Waals surface area contributed by atoms with Crippen molar-refractivity contribution in [2.45, 2.75) is 32.8 Å². The molecule has 6 nitrogen and oxygen atoms in total. The number of amides is 2. The summed E-state index contributed by atoms with van der Waals surface area (Å²) in [5, 5.41) is 2.87. The molecular formula is C21H24N2O4. The molecular weight excluding hydrogens is 344 g/mol. The molecule has 1 N–H and O–H groups in total. The molecule has 0 atom stereocenters. The zero-order valence-corrected chi connectivity index (χ0v) is 16.0. The highest BCUT2D eigenvalue weighted by molar-refractivity contribution is 6.05. The Morgan fingerprint density at radius 2 is 1.78 bits per heavy atom. The Hall–Kier alpha value is -3.02. The maximum Gasteiger partial charge on any atom is 0.414 e. The number of nitrogens with one attached hydrogen (secondary N) is 1. The number of carbonyl (C=O) groups excluding carboxylic acids is 2. The van der Waals surface area contributed by atoms with Crippen molar-refractivity contribution in [2.75, 3.05) is 23.9 Å². The van der Waals surface area contributed by atoms with Gasteiger partial charge in [-0.1, -0.05) is 6.07 Å². The average Bonchev–Trinajstić information content (AvgIpc) is 3.03. The van der Waals surface area contributed by atoms with Gasteiger partial charge in [0.1, 0.15) is 11.4 Å². The molecule has 3 rings (SSSR count). The van der Waals surface area contributed by atoms with Crippen LogP contribution in [-0.4, -0.2) is 31.3 Å². The number of ether oxygens (including phenoxy) is 2. The Morgan fingerprint density at radius 1 is 1.07 bits per heavy atom. The van der Waals surface area contributed by atoms with Gasteiger partial charge in [0.15, 0.2) is 0 Å². The van der Waals surface area contributed by atoms with Crippen LogP contribution in [0.25, 0.3) is 0 Å². The largest absolute Gasteiger partial charge is 0.497 e. The Bertz CT molecular complexity index is 853. The zero-order chi connectivity index (χ0) is 19.6. The van der Waals surface area contributed by atoms with Crippen LogP contribution in [0.5, 0.6) is 5.75 Å². The van der Waals surface area contributed by atoms with Crippen molar-refractivity contribution >= 4 is 23.4 Å². The lowest BCUT2D eigenvalue weighted by atomic mass is 10.1. The fraction of sp³-hybridized carbons (Fsp3) is 0.333. The molecule has 0 radical (unpaired) electrons. The van der Waals surface area contributed by atoms with E-state index in [9.17, 15) is 9.59 Å². The van der Waals surface area contributed by atoms with Gasteiger partial charge in [0.2, 0.25) is 0 Å². The molecule has 2 aromatic carbocycles. The molecule has 0 aromatic heterocycles. The number of rotatable bonds is 3. The van der Waals surface area contributed by atoms with Gasteiger partial charge in [-0.3, -0.25) is 9.69 Å². The SMILES string of the molecule is COc1ccc(C(=O)Nc2ccc3c(c2)N(C(=O)OC(C)(C)C)CC3)cc1. The van der Waals surface area contributed by atoms with Crippen LogP contribution < -0.4 is 15.0 Å². The molecule has 2 aromatic rings. The number of benzene rings is 2. The molecule has 0 bridgehead atoms. The molecule has 6 heteroatoms. The molecule has 0 spiro atoms. The van der Waals surface area contributed by atoms with E-state index in [0.29, 0.717) is 23.5 Å². The predicted molar refractivity (Wildman–Crippen MR) is 105 cm³/mol. The maximum absolute atomic E-state index is 12.5. The summed E-state index contributed by atoms with van der Waals surface area (Å²) in [6.45, 7) is 6.09. The van der Waals surface area contributed by atoms with E-state index >= 15 is 0 Å². The lowest BCUT2D eigenvalue weighted by Gasteiger charge is -2.25. The lowest BCUT2D eigenvalue weighted by Crippen LogP contribution is -2.35. The highest BCUT2D eigenvalue weighted by Gasteiger charge is 2.29. The van der Waals surface area contributed by atoms with Crippen molar-refractivity contribution in [3.05, 3.63) is 53.6 Å². The third-order valence-corrected chi connectivity index (χ3v) is 4.20. The fourth-order valence-electron chi connectivity index (χ4n) is 2.91. The van der Waals surface area contributed by atoms with Crippen LogP contribution in [0.1, 0.15) is 36.7 Å². The number of anilines is 2. The summed E-state index contributed by atoms with van der Waals surface area (Å²) < 4.78 is 10.6. The number of carbonyl (C=O) groups is 2. The first-order valence-corrected chi connectivity index (χ1v) is 8.86. The third-order valence-electron chi connectivity index (χ3n) is 4.20. The highest BCUT2D eigenvalue weighted by Crippen LogP contribution is 2.32. The normalized spacial score (nSPS) is 13.1. The van der Waals surface area contributed by atoms with Crippen LogP contribution in [0.2, 0.25) is 0 Å². The standard InChI is InChI=1S/C21H24N2O4/c1-21(2,3)27-20(25)23-12-11-14-5-8-16(13-18(14)23)22-19(24)15-6-9-17(26-4)10-7-15/h5-10,13H,11-12H2,1-4H3,(H,22,24). The van der Waals surface area contributed by atoms with Gasteiger partial charge in [0.05, 0.1) is 12.8 Å². The van der Waals surface area contributed by atoms with E-state index in [2.05, 4.69) is 5.32 Å². The van der Waals surface area contributed by atoms with Crippen molar-refractivity contribution in [2.24, 2.45) is 0 Å². The summed E-state index contributed by atoms with van der Waals surface area (Å²) in [7, 11) is 1.58. The van der Waals surface area contributed by atoms with Gasteiger partial charge in [-0.2, -0.15) is 0 Å². The molecule has 0 saturated carbocycles. The van der Waals surface area contributed by atoms with E-state index < -0.39 is 5.60 Å². The van der Waals surface area contributed by atoms with Gasteiger partial charge in [0, 0.05) is 17.8 Å². The minimum Gasteiger partial charge on any atom is -0.497 e. The van der Waals surface area contributed by atoms with Gasteiger partial charge in [-0.25, -0.2) is 4.79 Å². The summed E-state index contributed by atoms with van der Waals surface area (Å²) in [5.74, 6) is 0.469. The van der Waals surface area contributed by atoms with E-state index in [1.807, 2.05) is 39.0 Å². The first kappa shape index (κ1) is 18.8. The topological polar surface area (TPSA) is 67.9 Å². The summed E-state index contributed by atoms with van der Waals surface area (Å²) in [6.07, 6.45) is 0.390. The monoisotopic (exact) mass is 368 g/mol. The van der Waals surface area contributed by atoms with Crippen molar-refractivity contribution in [3.63, 3.8) is 0 Å². The quantitative estimate of drug-likeness (QED) is 0.880. The molecule has 27 heavy (non-hydrogen) atoms. The molecule has 1 aliphatic rings. The van der Waals surface area contributed by atoms with Gasteiger partial charge in [0.25, 0.3) is 5.91 Å². The first-order chi connectivity index (χ1) is 12.8. The highest BCUT2D eigenvalue weighted by atomic mass is 16.6. The van der Waals surface area contributed by atoms with E-state index in [-0.39, 0.29) is 12.0 Å². The Morgan fingerprint density at radius 3 is 2.41 bits per heavy atom. The molecule has 1 aliphatic heterocycles. The summed E-state index contributed by atoms with van der Waals surface area (Å²) in [6, 6.07) is 12.5. The van der Waals surface area contributed by atoms with Crippen molar-refractivity contribution < 1.29 is 19.1 Å². The van der Waals surface area contributed by atoms with Crippen molar-refractivity contribution in [1.29, 1.82) is 0 Å². The van der Waals surface area contributed by atoms with Crippen LogP contribution in [-0.2, 0) is 11.2 Å². The zero-order valence-electron chi connectivity index (χ0n) is 16.0. The minimum atomic E-state index is -0.556. The van der Waals surface area contributed by atoms with E-state index in [0.717, 1.165) is 17.7 Å². The summed E-state index contributed by atoms with van der Waals surface area (Å²) in [5.41, 5.74) is 2.44. The van der Waals surface area contributed by atoms with Gasteiger partial charge >= 0.3 is 6.09 Å². The summed E-state index contributed by atoms with van der Waals surface area (Å²) in [4.78, 5) is 26.5. The van der Waals surface area contributed by atoms with Crippen molar-refractivity contribution in [3.8, 4) is 5.75 Å². The second-order valence-corrected chi connectivity index (χ2v) is 7.41. The minimum absolute atomic E-state index is 0.223. The smallest absolute Gasteiger partial charge is 0.414 e. The number of hydrogen-bond acceptors (Lipinski definition) is 4. The number of hydrogen-bond donors (Lipinski definition) is 1. The number of nitrogens with zero attached hydrogens (tertiary/aromatic N) is 1. The van der Waals surface area contributed by atoms with Gasteiger partial charge < -0.3 is 14.8 Å². The second kappa shape index (κ2) is 7.31. The van der Waals surface area contributed by atoms with Crippen LogP contribution in [0.3, 0.4) is 0 Å². The molecule has 0 fully saturated rings. The van der Waals surface area contributed by atoms with E-state index in [1.165, 1.54) is 0 Å². The lowest BCUT2D eigenvalue weighted by molar-refractivity contribution is 0.0584. The maximum atomic E-state index is 12.5. The molecule has 0 saturated heterocycles. The molecule has 2 amide bonds. The summed E-state index contributed by atoms with van der Waals surface area (Å²) >= 11 is 0. The Labute approximate surface area is 159 Å². The second-order valence-electron chi connectivity index (χ2n) is 7.41. The van der Waals surface area contributed by atoms with Crippen molar-refractivity contribution in [1.82, 2.24) is 0 Å². The van der Waals surface area contributed by atoms with Gasteiger partial charge in [-0.15, -0.1) is 0 Å². The first-order valence-electron chi connectivity index (χ1n) is 8.86. The third kappa shape index (κ3) is 4.39. The predicted octanol–water partition coefficient (Wildman–Crippen LogP) is 4.25. The van der Waals surface area contributed by atoms with Crippen LogP contribution in [0.15, 0.2) is 42.5 Å². The Balaban J connectivity index is 1.76. The number of methoxy groups -OCH3 is 1. The van der Waals surface area contributed by atoms with E-state index in [4.69, 9.17) is 9.47 Å². The Kier molecular flexibility index (Phi) is 5.08. The fourth-order valence-corrected chi connectivity index (χ4v) is 2.91. The van der Waals surface area contributed by atoms with Crippen LogP contribution >= 0.6 is 0 Å².